The number of imide groups is 2. The third kappa shape index (κ3) is 5.06. The maximum atomic E-state index is 13.9. The number of barbiturate groups is 1. The molecule has 1 fully saturated rings. The van der Waals surface area contributed by atoms with Gasteiger partial charge in [0.05, 0.1) is 5.69 Å². The molecular weight excluding hydrogens is 504 g/mol. The van der Waals surface area contributed by atoms with E-state index in [9.17, 15) is 23.2 Å². The number of aromatic nitrogens is 1. The Bertz CT molecular complexity index is 1640. The van der Waals surface area contributed by atoms with Gasteiger partial charge in [0.2, 0.25) is 0 Å². The molecule has 196 valence electrons. The Morgan fingerprint density at radius 3 is 2.33 bits per heavy atom. The number of amides is 4. The minimum atomic E-state index is -0.949. The van der Waals surface area contributed by atoms with E-state index in [0.717, 1.165) is 28.0 Å². The maximum absolute atomic E-state index is 13.9. The summed E-state index contributed by atoms with van der Waals surface area (Å²) in [4.78, 5) is 38.9. The lowest BCUT2D eigenvalue weighted by atomic mass is 10.1. The van der Waals surface area contributed by atoms with Crippen LogP contribution in [-0.2, 0) is 16.2 Å². The standard InChI is InChI=1S/C30H23F2N3O4/c1-18-14-21(15-26-28(36)33-30(38)35(29(26)37)24-8-5-7-22(31)16-24)19(2)34(18)23-10-12-25(13-11-23)39-17-20-6-3-4-9-27(20)32/h3-16H,17H2,1-2H3,(H,33,36,38)/b26-15+. The van der Waals surface area contributed by atoms with Gasteiger partial charge in [0.1, 0.15) is 29.6 Å². The van der Waals surface area contributed by atoms with Gasteiger partial charge >= 0.3 is 6.03 Å². The molecule has 39 heavy (non-hydrogen) atoms. The first-order chi connectivity index (χ1) is 18.7. The van der Waals surface area contributed by atoms with E-state index in [1.807, 2.05) is 36.6 Å². The lowest BCUT2D eigenvalue weighted by Crippen LogP contribution is -2.54. The number of urea groups is 1. The molecule has 1 aliphatic heterocycles. The van der Waals surface area contributed by atoms with E-state index < -0.39 is 23.7 Å². The van der Waals surface area contributed by atoms with Crippen molar-refractivity contribution in [3.63, 3.8) is 0 Å². The van der Waals surface area contributed by atoms with Crippen LogP contribution in [0.25, 0.3) is 11.8 Å². The Morgan fingerprint density at radius 1 is 0.872 bits per heavy atom. The zero-order chi connectivity index (χ0) is 27.7. The fraction of sp³-hybridized carbons (Fsp3) is 0.100. The summed E-state index contributed by atoms with van der Waals surface area (Å²) in [7, 11) is 0. The molecule has 0 radical (unpaired) electrons. The molecule has 0 bridgehead atoms. The lowest BCUT2D eigenvalue weighted by Gasteiger charge is -2.26. The van der Waals surface area contributed by atoms with Crippen LogP contribution >= 0.6 is 0 Å². The number of hydrogen-bond donors (Lipinski definition) is 1. The Kier molecular flexibility index (Phi) is 6.81. The fourth-order valence-corrected chi connectivity index (χ4v) is 4.46. The van der Waals surface area contributed by atoms with Crippen molar-refractivity contribution in [2.45, 2.75) is 20.5 Å². The molecule has 3 aromatic carbocycles. The zero-order valence-electron chi connectivity index (χ0n) is 21.1. The van der Waals surface area contributed by atoms with Crippen LogP contribution in [0.4, 0.5) is 19.3 Å². The molecule has 0 unspecified atom stereocenters. The van der Waals surface area contributed by atoms with E-state index in [1.165, 1.54) is 30.3 Å². The zero-order valence-corrected chi connectivity index (χ0v) is 21.1. The largest absolute Gasteiger partial charge is 0.489 e. The first kappa shape index (κ1) is 25.6. The first-order valence-electron chi connectivity index (χ1n) is 12.1. The Hall–Kier alpha value is -5.05. The molecule has 4 aromatic rings. The van der Waals surface area contributed by atoms with Gasteiger partial charge in [0.15, 0.2) is 0 Å². The second-order valence-electron chi connectivity index (χ2n) is 8.97. The number of rotatable bonds is 6. The molecule has 1 N–H and O–H groups in total. The minimum absolute atomic E-state index is 0.0127. The lowest BCUT2D eigenvalue weighted by molar-refractivity contribution is -0.122. The predicted octanol–water partition coefficient (Wildman–Crippen LogP) is 5.62. The highest BCUT2D eigenvalue weighted by molar-refractivity contribution is 6.39. The number of carbonyl (C=O) groups is 3. The van der Waals surface area contributed by atoms with Crippen molar-refractivity contribution in [2.24, 2.45) is 0 Å². The average molecular weight is 528 g/mol. The molecule has 0 spiro atoms. The maximum Gasteiger partial charge on any atom is 0.335 e. The van der Waals surface area contributed by atoms with Gasteiger partial charge in [-0.2, -0.15) is 0 Å². The van der Waals surface area contributed by atoms with Crippen molar-refractivity contribution in [1.29, 1.82) is 0 Å². The molecule has 0 saturated carbocycles. The van der Waals surface area contributed by atoms with E-state index in [0.29, 0.717) is 16.9 Å². The van der Waals surface area contributed by atoms with Crippen LogP contribution in [0, 0.1) is 25.5 Å². The fourth-order valence-electron chi connectivity index (χ4n) is 4.46. The Labute approximate surface area is 222 Å². The average Bonchev–Trinajstić information content (AvgIpc) is 3.18. The summed E-state index contributed by atoms with van der Waals surface area (Å²) < 4.78 is 35.3. The normalized spacial score (nSPS) is 14.6. The third-order valence-electron chi connectivity index (χ3n) is 6.39. The number of nitrogens with zero attached hydrogens (tertiary/aromatic N) is 2. The molecule has 5 rings (SSSR count). The molecule has 9 heteroatoms. The van der Waals surface area contributed by atoms with Gasteiger partial charge in [-0.05, 0) is 80.1 Å². The van der Waals surface area contributed by atoms with Crippen LogP contribution in [0.5, 0.6) is 5.75 Å². The molecule has 2 heterocycles. The summed E-state index contributed by atoms with van der Waals surface area (Å²) in [5.74, 6) is -2.07. The number of benzene rings is 3. The summed E-state index contributed by atoms with van der Waals surface area (Å²) in [6.45, 7) is 3.81. The van der Waals surface area contributed by atoms with E-state index in [2.05, 4.69) is 5.32 Å². The number of hydrogen-bond acceptors (Lipinski definition) is 4. The first-order valence-corrected chi connectivity index (χ1v) is 12.1. The molecule has 0 aliphatic carbocycles. The molecular formula is C30H23F2N3O4. The van der Waals surface area contributed by atoms with Crippen LogP contribution in [0.15, 0.2) is 84.4 Å². The molecule has 1 saturated heterocycles. The van der Waals surface area contributed by atoms with Crippen LogP contribution in [-0.4, -0.2) is 22.4 Å². The topological polar surface area (TPSA) is 80.6 Å². The van der Waals surface area contributed by atoms with E-state index in [1.54, 1.807) is 30.3 Å². The molecule has 0 atom stereocenters. The number of aryl methyl sites for hydroxylation is 1. The predicted molar refractivity (Wildman–Crippen MR) is 141 cm³/mol. The van der Waals surface area contributed by atoms with Gasteiger partial charge in [0.25, 0.3) is 11.8 Å². The second kappa shape index (κ2) is 10.4. The number of nitrogens with one attached hydrogen (secondary N) is 1. The van der Waals surface area contributed by atoms with Gasteiger partial charge in [-0.25, -0.2) is 18.5 Å². The number of ether oxygens (including phenoxy) is 1. The number of anilines is 1. The SMILES string of the molecule is Cc1cc(/C=C2\C(=O)NC(=O)N(c3cccc(F)c3)C2=O)c(C)n1-c1ccc(OCc2ccccc2F)cc1. The summed E-state index contributed by atoms with van der Waals surface area (Å²) in [5, 5.41) is 2.15. The molecule has 1 aliphatic rings. The van der Waals surface area contributed by atoms with Crippen molar-refractivity contribution in [3.05, 3.63) is 119 Å². The van der Waals surface area contributed by atoms with Crippen molar-refractivity contribution < 1.29 is 27.9 Å². The van der Waals surface area contributed by atoms with Crippen molar-refractivity contribution in [2.75, 3.05) is 4.90 Å². The highest BCUT2D eigenvalue weighted by Crippen LogP contribution is 2.27. The van der Waals surface area contributed by atoms with Crippen LogP contribution in [0.3, 0.4) is 0 Å². The van der Waals surface area contributed by atoms with Crippen molar-refractivity contribution in [3.8, 4) is 11.4 Å². The molecule has 7 nitrogen and oxygen atoms in total. The monoisotopic (exact) mass is 527 g/mol. The van der Waals surface area contributed by atoms with E-state index in [4.69, 9.17) is 4.74 Å². The van der Waals surface area contributed by atoms with Gasteiger partial charge < -0.3 is 9.30 Å². The molecule has 4 amide bonds. The van der Waals surface area contributed by atoms with Crippen molar-refractivity contribution >= 4 is 29.6 Å². The van der Waals surface area contributed by atoms with Crippen LogP contribution < -0.4 is 15.0 Å². The quantitative estimate of drug-likeness (QED) is 0.261. The number of carbonyl (C=O) groups excluding carboxylic acids is 3. The Morgan fingerprint density at radius 2 is 1.62 bits per heavy atom. The van der Waals surface area contributed by atoms with Crippen LogP contribution in [0.1, 0.15) is 22.5 Å². The highest BCUT2D eigenvalue weighted by Gasteiger charge is 2.37. The van der Waals surface area contributed by atoms with Gasteiger partial charge in [-0.15, -0.1) is 0 Å². The van der Waals surface area contributed by atoms with E-state index in [-0.39, 0.29) is 23.7 Å². The smallest absolute Gasteiger partial charge is 0.335 e. The van der Waals surface area contributed by atoms with E-state index >= 15 is 0 Å². The summed E-state index contributed by atoms with van der Waals surface area (Å²) >= 11 is 0. The van der Waals surface area contributed by atoms with Crippen LogP contribution in [0.2, 0.25) is 0 Å². The summed E-state index contributed by atoms with van der Waals surface area (Å²) in [6.07, 6.45) is 1.42. The van der Waals surface area contributed by atoms with Gasteiger partial charge in [-0.1, -0.05) is 24.3 Å². The second-order valence-corrected chi connectivity index (χ2v) is 8.97. The summed E-state index contributed by atoms with van der Waals surface area (Å²) in [5.41, 5.74) is 3.20. The van der Waals surface area contributed by atoms with Gasteiger partial charge in [-0.3, -0.25) is 14.9 Å². The van der Waals surface area contributed by atoms with Gasteiger partial charge in [0, 0.05) is 22.6 Å². The Balaban J connectivity index is 1.40. The van der Waals surface area contributed by atoms with Crippen molar-refractivity contribution in [1.82, 2.24) is 9.88 Å². The summed E-state index contributed by atoms with van der Waals surface area (Å²) in [6, 6.07) is 19.5. The number of halogens is 2. The molecule has 1 aromatic heterocycles. The highest BCUT2D eigenvalue weighted by atomic mass is 19.1. The minimum Gasteiger partial charge on any atom is -0.489 e. The third-order valence-corrected chi connectivity index (χ3v) is 6.39.